The molecule has 6 heteroatoms. The van der Waals surface area contributed by atoms with Crippen molar-refractivity contribution in [3.8, 4) is 22.6 Å². The van der Waals surface area contributed by atoms with Gasteiger partial charge in [0.2, 0.25) is 10.9 Å². The third-order valence-corrected chi connectivity index (χ3v) is 4.72. The molecule has 3 aromatic carbocycles. The predicted molar refractivity (Wildman–Crippen MR) is 104 cm³/mol. The van der Waals surface area contributed by atoms with E-state index in [2.05, 4.69) is 5.32 Å². The van der Waals surface area contributed by atoms with Crippen LogP contribution < -0.4 is 25.6 Å². The molecule has 0 heterocycles. The molecule has 0 aliphatic carbocycles. The summed E-state index contributed by atoms with van der Waals surface area (Å²) in [6.45, 7) is 1.52. The summed E-state index contributed by atoms with van der Waals surface area (Å²) in [4.78, 5) is 24.6. The summed E-state index contributed by atoms with van der Waals surface area (Å²) in [7, 11) is 3.02. The van der Waals surface area contributed by atoms with Gasteiger partial charge in [-0.25, -0.2) is 0 Å². The topological polar surface area (TPSA) is 84.9 Å². The lowest BCUT2D eigenvalue weighted by molar-refractivity contribution is 0.224. The first-order valence-corrected chi connectivity index (χ1v) is 8.45. The van der Waals surface area contributed by atoms with Crippen LogP contribution in [0.1, 0.15) is 12.5 Å². The number of rotatable bonds is 7. The van der Waals surface area contributed by atoms with Crippen LogP contribution in [0.5, 0.6) is 11.5 Å². The van der Waals surface area contributed by atoms with E-state index in [1.54, 1.807) is 25.1 Å². The standard InChI is InChI=1S/C21H21NO5/c1-21(12-23,13-7-5-4-6-8-13)22-18-17(19(24)20(18)25)15-10-9-14(26-2)11-16(15)27-3/h4-11,22-23H,12H2,1-3H3. The largest absolute Gasteiger partial charge is 0.497 e. The Morgan fingerprint density at radius 2 is 1.70 bits per heavy atom. The maximum Gasteiger partial charge on any atom is 0.250 e. The molecule has 0 saturated heterocycles. The second-order valence-corrected chi connectivity index (χ2v) is 6.46. The Hall–Kier alpha value is -3.12. The van der Waals surface area contributed by atoms with E-state index >= 15 is 0 Å². The first-order valence-electron chi connectivity index (χ1n) is 8.45. The highest BCUT2D eigenvalue weighted by molar-refractivity contribution is 5.86. The summed E-state index contributed by atoms with van der Waals surface area (Å²) in [5.41, 5.74) is -0.406. The Morgan fingerprint density at radius 3 is 2.30 bits per heavy atom. The van der Waals surface area contributed by atoms with Gasteiger partial charge in [-0.1, -0.05) is 30.3 Å². The number of aliphatic hydroxyl groups excluding tert-OH is 1. The molecule has 1 atom stereocenters. The van der Waals surface area contributed by atoms with Gasteiger partial charge in [0, 0.05) is 11.6 Å². The maximum atomic E-state index is 12.3. The van der Waals surface area contributed by atoms with Crippen LogP contribution in [0.2, 0.25) is 0 Å². The van der Waals surface area contributed by atoms with E-state index in [0.717, 1.165) is 5.56 Å². The Labute approximate surface area is 156 Å². The van der Waals surface area contributed by atoms with E-state index < -0.39 is 16.4 Å². The highest BCUT2D eigenvalue weighted by atomic mass is 16.5. The molecule has 0 spiro atoms. The fourth-order valence-electron chi connectivity index (χ4n) is 3.06. The molecular formula is C21H21NO5. The summed E-state index contributed by atoms with van der Waals surface area (Å²) >= 11 is 0. The molecule has 0 radical (unpaired) electrons. The van der Waals surface area contributed by atoms with Gasteiger partial charge in [-0.3, -0.25) is 9.59 Å². The minimum absolute atomic E-state index is 0.170. The number of methoxy groups -OCH3 is 2. The molecule has 0 aromatic heterocycles. The molecule has 3 aromatic rings. The van der Waals surface area contributed by atoms with Crippen molar-refractivity contribution in [2.45, 2.75) is 12.5 Å². The molecule has 140 valence electrons. The van der Waals surface area contributed by atoms with Gasteiger partial charge in [0.05, 0.1) is 37.6 Å². The molecule has 3 rings (SSSR count). The van der Waals surface area contributed by atoms with Crippen molar-refractivity contribution >= 4 is 5.69 Å². The van der Waals surface area contributed by atoms with Crippen molar-refractivity contribution < 1.29 is 14.6 Å². The molecule has 0 aliphatic heterocycles. The van der Waals surface area contributed by atoms with E-state index in [9.17, 15) is 14.7 Å². The number of nitrogens with one attached hydrogen (secondary N) is 1. The number of aliphatic hydroxyl groups is 1. The maximum absolute atomic E-state index is 12.3. The number of anilines is 1. The lowest BCUT2D eigenvalue weighted by Gasteiger charge is -2.32. The third kappa shape index (κ3) is 3.19. The second kappa shape index (κ2) is 7.25. The Morgan fingerprint density at radius 1 is 1.00 bits per heavy atom. The van der Waals surface area contributed by atoms with E-state index in [0.29, 0.717) is 17.1 Å². The Bertz CT molecular complexity index is 1020. The SMILES string of the molecule is COc1ccc(-c2c(NC(C)(CO)c3ccccc3)c(=O)c2=O)c(OC)c1. The normalized spacial score (nSPS) is 13.2. The van der Waals surface area contributed by atoms with Crippen molar-refractivity contribution in [1.82, 2.24) is 0 Å². The lowest BCUT2D eigenvalue weighted by atomic mass is 9.90. The van der Waals surface area contributed by atoms with Gasteiger partial charge < -0.3 is 19.9 Å². The monoisotopic (exact) mass is 367 g/mol. The molecule has 0 saturated carbocycles. The minimum Gasteiger partial charge on any atom is -0.497 e. The van der Waals surface area contributed by atoms with Crippen molar-refractivity contribution in [2.24, 2.45) is 0 Å². The van der Waals surface area contributed by atoms with Crippen LogP contribution in [0.15, 0.2) is 58.1 Å². The van der Waals surface area contributed by atoms with Crippen LogP contribution in [0.3, 0.4) is 0 Å². The molecular weight excluding hydrogens is 346 g/mol. The van der Waals surface area contributed by atoms with Gasteiger partial charge in [-0.15, -0.1) is 0 Å². The van der Waals surface area contributed by atoms with Gasteiger partial charge in [-0.2, -0.15) is 0 Å². The van der Waals surface area contributed by atoms with Crippen LogP contribution in [-0.4, -0.2) is 25.9 Å². The summed E-state index contributed by atoms with van der Waals surface area (Å²) in [5, 5.41) is 13.0. The summed E-state index contributed by atoms with van der Waals surface area (Å²) in [6, 6.07) is 14.3. The molecule has 2 N–H and O–H groups in total. The first kappa shape index (κ1) is 18.7. The average Bonchev–Trinajstić information content (AvgIpc) is 2.73. The van der Waals surface area contributed by atoms with E-state index in [4.69, 9.17) is 9.47 Å². The molecule has 27 heavy (non-hydrogen) atoms. The molecule has 0 aliphatic rings. The quantitative estimate of drug-likeness (QED) is 0.623. The molecule has 6 nitrogen and oxygen atoms in total. The van der Waals surface area contributed by atoms with E-state index in [-0.39, 0.29) is 17.9 Å². The summed E-state index contributed by atoms with van der Waals surface area (Å²) in [5.74, 6) is 1.00. The third-order valence-electron chi connectivity index (χ3n) is 4.72. The van der Waals surface area contributed by atoms with Crippen LogP contribution in [0.25, 0.3) is 11.1 Å². The van der Waals surface area contributed by atoms with Crippen LogP contribution >= 0.6 is 0 Å². The van der Waals surface area contributed by atoms with Gasteiger partial charge in [-0.05, 0) is 24.6 Å². The Kier molecular flexibility index (Phi) is 5.01. The van der Waals surface area contributed by atoms with Gasteiger partial charge in [0.15, 0.2) is 0 Å². The zero-order valence-corrected chi connectivity index (χ0v) is 15.4. The van der Waals surface area contributed by atoms with Crippen LogP contribution in [0, 0.1) is 0 Å². The zero-order valence-electron chi connectivity index (χ0n) is 15.4. The number of benzene rings is 2. The smallest absolute Gasteiger partial charge is 0.250 e. The van der Waals surface area contributed by atoms with Crippen molar-refractivity contribution in [2.75, 3.05) is 26.1 Å². The van der Waals surface area contributed by atoms with Crippen LogP contribution in [0.4, 0.5) is 5.69 Å². The lowest BCUT2D eigenvalue weighted by Crippen LogP contribution is -2.44. The molecule has 0 amide bonds. The highest BCUT2D eigenvalue weighted by Gasteiger charge is 2.32. The van der Waals surface area contributed by atoms with Crippen molar-refractivity contribution in [1.29, 1.82) is 0 Å². The number of hydrogen-bond acceptors (Lipinski definition) is 6. The highest BCUT2D eigenvalue weighted by Crippen LogP contribution is 2.37. The average molecular weight is 367 g/mol. The second-order valence-electron chi connectivity index (χ2n) is 6.46. The first-order chi connectivity index (χ1) is 12.9. The molecule has 0 fully saturated rings. The van der Waals surface area contributed by atoms with Gasteiger partial charge in [0.1, 0.15) is 11.5 Å². The zero-order chi connectivity index (χ0) is 19.6. The van der Waals surface area contributed by atoms with Gasteiger partial charge in [0.25, 0.3) is 0 Å². The van der Waals surface area contributed by atoms with Crippen LogP contribution in [-0.2, 0) is 5.54 Å². The van der Waals surface area contributed by atoms with Crippen molar-refractivity contribution in [3.63, 3.8) is 0 Å². The van der Waals surface area contributed by atoms with Gasteiger partial charge >= 0.3 is 0 Å². The minimum atomic E-state index is -0.919. The Balaban J connectivity index is 2.07. The van der Waals surface area contributed by atoms with E-state index in [1.807, 2.05) is 30.3 Å². The fraction of sp³-hybridized carbons (Fsp3) is 0.238. The summed E-state index contributed by atoms with van der Waals surface area (Å²) in [6.07, 6.45) is 0. The number of hydrogen-bond donors (Lipinski definition) is 2. The van der Waals surface area contributed by atoms with E-state index in [1.165, 1.54) is 14.2 Å². The predicted octanol–water partition coefficient (Wildman–Crippen LogP) is 2.29. The fourth-order valence-corrected chi connectivity index (χ4v) is 3.06. The number of ether oxygens (including phenoxy) is 2. The summed E-state index contributed by atoms with van der Waals surface area (Å²) < 4.78 is 10.5. The molecule has 1 unspecified atom stereocenters. The molecule has 0 bridgehead atoms. The van der Waals surface area contributed by atoms with Crippen molar-refractivity contribution in [3.05, 3.63) is 74.5 Å².